The van der Waals surface area contributed by atoms with Gasteiger partial charge in [0, 0.05) is 19.4 Å². The molecule has 3 heterocycles. The SMILES string of the molecule is O=C(O)C1COCCN1C(=O)CCc1nc(-c2ccco2)no1. The molecule has 1 aliphatic heterocycles. The molecule has 122 valence electrons. The molecule has 1 unspecified atom stereocenters. The van der Waals surface area contributed by atoms with Gasteiger partial charge in [0.1, 0.15) is 0 Å². The molecule has 1 atom stereocenters. The molecule has 1 amide bonds. The number of carbonyl (C=O) groups excluding carboxylic acids is 1. The number of furan rings is 1. The van der Waals surface area contributed by atoms with E-state index < -0.39 is 12.0 Å². The van der Waals surface area contributed by atoms with Crippen LogP contribution in [0.2, 0.25) is 0 Å². The molecule has 0 aliphatic carbocycles. The van der Waals surface area contributed by atoms with E-state index in [1.54, 1.807) is 12.1 Å². The van der Waals surface area contributed by atoms with E-state index in [0.29, 0.717) is 24.1 Å². The van der Waals surface area contributed by atoms with Crippen molar-refractivity contribution in [3.05, 3.63) is 24.3 Å². The zero-order chi connectivity index (χ0) is 16.2. The first-order valence-corrected chi connectivity index (χ1v) is 7.11. The number of aryl methyl sites for hydroxylation is 1. The van der Waals surface area contributed by atoms with Crippen molar-refractivity contribution < 1.29 is 28.4 Å². The van der Waals surface area contributed by atoms with Crippen molar-refractivity contribution in [2.24, 2.45) is 0 Å². The summed E-state index contributed by atoms with van der Waals surface area (Å²) < 4.78 is 15.3. The lowest BCUT2D eigenvalue weighted by molar-refractivity contribution is -0.158. The summed E-state index contributed by atoms with van der Waals surface area (Å²) in [7, 11) is 0. The third kappa shape index (κ3) is 3.39. The first-order valence-electron chi connectivity index (χ1n) is 7.11. The molecule has 0 aromatic carbocycles. The molecule has 9 nitrogen and oxygen atoms in total. The molecule has 0 radical (unpaired) electrons. The van der Waals surface area contributed by atoms with Crippen molar-refractivity contribution in [3.63, 3.8) is 0 Å². The number of aromatic nitrogens is 2. The molecule has 0 bridgehead atoms. The van der Waals surface area contributed by atoms with Crippen LogP contribution in [0.15, 0.2) is 27.3 Å². The lowest BCUT2D eigenvalue weighted by Gasteiger charge is -2.32. The summed E-state index contributed by atoms with van der Waals surface area (Å²) in [6.45, 7) is 0.597. The number of ether oxygens (including phenoxy) is 1. The van der Waals surface area contributed by atoms with Crippen LogP contribution < -0.4 is 0 Å². The Morgan fingerprint density at radius 3 is 3.04 bits per heavy atom. The van der Waals surface area contributed by atoms with E-state index in [9.17, 15) is 9.59 Å². The van der Waals surface area contributed by atoms with Crippen LogP contribution in [-0.2, 0) is 20.7 Å². The van der Waals surface area contributed by atoms with Gasteiger partial charge in [-0.15, -0.1) is 0 Å². The zero-order valence-corrected chi connectivity index (χ0v) is 12.2. The Balaban J connectivity index is 1.59. The number of carboxylic acid groups (broad SMARTS) is 1. The number of amides is 1. The molecule has 0 spiro atoms. The minimum absolute atomic E-state index is 0.00424. The van der Waals surface area contributed by atoms with Gasteiger partial charge in [-0.05, 0) is 12.1 Å². The Bertz CT molecular complexity index is 681. The van der Waals surface area contributed by atoms with E-state index in [1.165, 1.54) is 11.2 Å². The maximum Gasteiger partial charge on any atom is 0.328 e. The van der Waals surface area contributed by atoms with Gasteiger partial charge in [-0.25, -0.2) is 4.79 Å². The van der Waals surface area contributed by atoms with Crippen molar-refractivity contribution in [2.75, 3.05) is 19.8 Å². The summed E-state index contributed by atoms with van der Waals surface area (Å²) in [5.41, 5.74) is 0. The number of morpholine rings is 1. The molecule has 23 heavy (non-hydrogen) atoms. The second kappa shape index (κ2) is 6.61. The monoisotopic (exact) mass is 321 g/mol. The Labute approximate surface area is 130 Å². The van der Waals surface area contributed by atoms with Crippen LogP contribution in [0.3, 0.4) is 0 Å². The fourth-order valence-corrected chi connectivity index (χ4v) is 2.33. The van der Waals surface area contributed by atoms with Crippen LogP contribution in [0.4, 0.5) is 0 Å². The van der Waals surface area contributed by atoms with Gasteiger partial charge in [0.25, 0.3) is 0 Å². The van der Waals surface area contributed by atoms with Gasteiger partial charge in [0.2, 0.25) is 17.6 Å². The van der Waals surface area contributed by atoms with Crippen molar-refractivity contribution in [3.8, 4) is 11.6 Å². The van der Waals surface area contributed by atoms with Gasteiger partial charge in [0.05, 0.1) is 19.5 Å². The van der Waals surface area contributed by atoms with Gasteiger partial charge in [0.15, 0.2) is 11.8 Å². The Hall–Kier alpha value is -2.68. The topological polar surface area (TPSA) is 119 Å². The first-order chi connectivity index (χ1) is 11.1. The number of nitrogens with zero attached hydrogens (tertiary/aromatic N) is 3. The van der Waals surface area contributed by atoms with E-state index in [2.05, 4.69) is 10.1 Å². The number of carboxylic acids is 1. The van der Waals surface area contributed by atoms with Gasteiger partial charge in [-0.1, -0.05) is 5.16 Å². The molecule has 3 rings (SSSR count). The van der Waals surface area contributed by atoms with Crippen LogP contribution in [0.5, 0.6) is 0 Å². The standard InChI is InChI=1S/C14H15N3O6/c18-12(17-5-7-21-8-9(17)14(19)20)4-3-11-15-13(16-23-11)10-2-1-6-22-10/h1-2,6,9H,3-5,7-8H2,(H,19,20). The molecule has 2 aromatic heterocycles. The number of carbonyl (C=O) groups is 2. The minimum atomic E-state index is -1.07. The maximum absolute atomic E-state index is 12.2. The molecule has 1 N–H and O–H groups in total. The highest BCUT2D eigenvalue weighted by Crippen LogP contribution is 2.17. The van der Waals surface area contributed by atoms with Crippen LogP contribution in [0, 0.1) is 0 Å². The molecule has 2 aromatic rings. The number of hydrogen-bond donors (Lipinski definition) is 1. The molecule has 9 heteroatoms. The van der Waals surface area contributed by atoms with E-state index in [-0.39, 0.29) is 31.9 Å². The van der Waals surface area contributed by atoms with Crippen molar-refractivity contribution >= 4 is 11.9 Å². The van der Waals surface area contributed by atoms with Crippen LogP contribution >= 0.6 is 0 Å². The molecule has 1 fully saturated rings. The second-order valence-corrected chi connectivity index (χ2v) is 5.01. The molecule has 1 saturated heterocycles. The smallest absolute Gasteiger partial charge is 0.328 e. The zero-order valence-electron chi connectivity index (χ0n) is 12.2. The maximum atomic E-state index is 12.2. The lowest BCUT2D eigenvalue weighted by atomic mass is 10.2. The second-order valence-electron chi connectivity index (χ2n) is 5.01. The summed E-state index contributed by atoms with van der Waals surface area (Å²) in [5.74, 6) is -0.267. The first kappa shape index (κ1) is 15.2. The highest BCUT2D eigenvalue weighted by Gasteiger charge is 2.32. The normalized spacial score (nSPS) is 18.1. The fourth-order valence-electron chi connectivity index (χ4n) is 2.33. The molecule has 0 saturated carbocycles. The summed E-state index contributed by atoms with van der Waals surface area (Å²) in [4.78, 5) is 28.8. The van der Waals surface area contributed by atoms with Gasteiger partial charge in [-0.2, -0.15) is 4.98 Å². The van der Waals surface area contributed by atoms with Gasteiger partial charge >= 0.3 is 5.97 Å². The summed E-state index contributed by atoms with van der Waals surface area (Å²) >= 11 is 0. The largest absolute Gasteiger partial charge is 0.480 e. The third-order valence-corrected chi connectivity index (χ3v) is 3.50. The summed E-state index contributed by atoms with van der Waals surface area (Å²) in [6.07, 6.45) is 1.82. The quantitative estimate of drug-likeness (QED) is 0.849. The lowest BCUT2D eigenvalue weighted by Crippen LogP contribution is -2.52. The van der Waals surface area contributed by atoms with Crippen molar-refractivity contribution in [1.29, 1.82) is 0 Å². The van der Waals surface area contributed by atoms with E-state index in [1.807, 2.05) is 0 Å². The molecule has 1 aliphatic rings. The van der Waals surface area contributed by atoms with Crippen molar-refractivity contribution in [1.82, 2.24) is 15.0 Å². The number of hydrogen-bond acceptors (Lipinski definition) is 7. The highest BCUT2D eigenvalue weighted by molar-refractivity contribution is 5.84. The van der Waals surface area contributed by atoms with E-state index >= 15 is 0 Å². The van der Waals surface area contributed by atoms with Crippen LogP contribution in [0.1, 0.15) is 12.3 Å². The van der Waals surface area contributed by atoms with E-state index in [4.69, 9.17) is 18.8 Å². The minimum Gasteiger partial charge on any atom is -0.480 e. The van der Waals surface area contributed by atoms with E-state index in [0.717, 1.165) is 0 Å². The Morgan fingerprint density at radius 1 is 1.43 bits per heavy atom. The summed E-state index contributed by atoms with van der Waals surface area (Å²) in [6, 6.07) is 2.46. The Morgan fingerprint density at radius 2 is 2.30 bits per heavy atom. The Kier molecular flexibility index (Phi) is 4.38. The van der Waals surface area contributed by atoms with Gasteiger partial charge < -0.3 is 23.7 Å². The molecular formula is C14H15N3O6. The fraction of sp³-hybridized carbons (Fsp3) is 0.429. The van der Waals surface area contributed by atoms with Gasteiger partial charge in [-0.3, -0.25) is 4.79 Å². The number of rotatable bonds is 5. The predicted molar refractivity (Wildman–Crippen MR) is 74.3 cm³/mol. The highest BCUT2D eigenvalue weighted by atomic mass is 16.5. The van der Waals surface area contributed by atoms with Crippen LogP contribution in [0.25, 0.3) is 11.6 Å². The molecular weight excluding hydrogens is 306 g/mol. The van der Waals surface area contributed by atoms with Crippen molar-refractivity contribution in [2.45, 2.75) is 18.9 Å². The summed E-state index contributed by atoms with van der Waals surface area (Å²) in [5, 5.41) is 12.9. The third-order valence-electron chi connectivity index (χ3n) is 3.50. The predicted octanol–water partition coefficient (Wildman–Crippen LogP) is 0.574. The average molecular weight is 321 g/mol. The van der Waals surface area contributed by atoms with Crippen LogP contribution in [-0.4, -0.2) is 57.8 Å². The number of aliphatic carboxylic acids is 1. The average Bonchev–Trinajstić information content (AvgIpc) is 3.23.